The molecule has 596 valence electrons. The molecule has 1 atom stereocenters. The largest absolute Gasteiger partial charge is 1.00 e. The highest BCUT2D eigenvalue weighted by molar-refractivity contribution is 7.95. The van der Waals surface area contributed by atoms with Gasteiger partial charge in [-0.25, -0.2) is 24.7 Å². The number of anilines is 3. The topological polar surface area (TPSA) is 252 Å². The number of nitrogens with two attached hydrogens (primary N) is 1. The Kier molecular flexibility index (Phi) is 28.8. The quantitative estimate of drug-likeness (QED) is 0.0209. The van der Waals surface area contributed by atoms with Gasteiger partial charge >= 0.3 is 11.9 Å². The van der Waals surface area contributed by atoms with Crippen LogP contribution < -0.4 is 49.5 Å². The minimum atomic E-state index is -2.31. The third kappa shape index (κ3) is 20.6. The lowest BCUT2D eigenvalue weighted by atomic mass is 10.1. The molecule has 5 aromatic heterocycles. The van der Waals surface area contributed by atoms with E-state index in [1.807, 2.05) is 208 Å². The number of hydrogen-bond acceptors (Lipinski definition) is 14. The van der Waals surface area contributed by atoms with Crippen LogP contribution >= 0.6 is 42.1 Å². The van der Waals surface area contributed by atoms with Crippen LogP contribution in [-0.2, 0) is 11.2 Å². The molecule has 1 unspecified atom stereocenters. The molecule has 0 saturated heterocycles. The molecule has 0 radical (unpaired) electrons. The number of cyclic esters (lactones) is 1. The average Bonchev–Trinajstić information content (AvgIpc) is 1.58. The standard InChI is InChI=1S/C26H20O2P.C24H18ClN5.C14H16N2OSi.C13H11N3.C11H8Cl2N2.C8H6O3.BrH/c27-25-23-18-10-11-19-24(23)26(28-25)29(20-12-4-1-5-13-20,21-14-6-2-7-15-21)22-16-8-3-9-17-22;1-16(25)13-21-19-9-5-6-10-20(19)24(29-28-21)27-17-11-12-23-22(14-17)26-15-30(23)18-7-3-2-4-8-18;1-18(2,3)10-6-9-13-11-7-4-5-8-12(11)14(17)16-15-13;14-10-6-7-13-12(8-10)15-9-16(13)11-4-2-1-3-5-11;1-7(12)6-10-8-4-2-3-5-9(8)11(13)15-14-10;9-5-6-3-1-2-4-7(6)8(10)11;/h1-19,26H;2-15H,1H3,(H,27,29);4-5,7-8H,9H2,1-3H3,(H,16,17);1-9H,14H2;2-6H,1H3;1-5H,(H,10,11);1H/q+1;;;;;;/p-1/b;16-13-;;;7-6-;;. The van der Waals surface area contributed by atoms with E-state index in [0.717, 1.165) is 94.4 Å². The summed E-state index contributed by atoms with van der Waals surface area (Å²) in [5.41, 5.74) is 20.9. The third-order valence-corrected chi connectivity index (χ3v) is 24.7. The van der Waals surface area contributed by atoms with E-state index in [4.69, 9.17) is 50.4 Å². The van der Waals surface area contributed by atoms with Crippen LogP contribution in [0, 0.1) is 11.5 Å². The number of carbonyl (C=O) groups excluding carboxylic acids is 2. The highest BCUT2D eigenvalue weighted by atomic mass is 79.9. The SMILES string of the molecule is C/C(Cl)=C/c1nnc(Cl)c2ccccc12.C/C(Cl)=C/c1nnc(Nc2ccc3c(c2)ncn3-c2ccccc2)c2ccccc12.C[Si](C)(C)C#CCc1n[nH]c(=O)c2ccccc12.Nc1ccc2c(c1)ncn2-c1ccccc1.O=C1OC([P+](c2ccccc2)(c2ccccc2)c2ccccc2)c2ccccc21.O=Cc1ccccc1C(=O)O.[Br-]. The van der Waals surface area contributed by atoms with Gasteiger partial charge in [0.05, 0.1) is 62.1 Å². The van der Waals surface area contributed by atoms with Gasteiger partial charge in [-0.15, -0.1) is 31.9 Å². The first-order chi connectivity index (χ1) is 57.8. The number of para-hydroxylation sites is 2. The molecule has 12 aromatic carbocycles. The first-order valence-electron chi connectivity index (χ1n) is 37.8. The van der Waals surface area contributed by atoms with E-state index in [1.165, 1.54) is 28.0 Å². The highest BCUT2D eigenvalue weighted by Gasteiger charge is 2.58. The second-order valence-corrected chi connectivity index (χ2v) is 38.0. The minimum absolute atomic E-state index is 0. The fraction of sp³-hybridized carbons (Fsp3) is 0.0729. The lowest BCUT2D eigenvalue weighted by Gasteiger charge is -2.31. The number of aromatic nitrogens is 10. The molecular weight excluding hydrogens is 1660 g/mol. The second-order valence-electron chi connectivity index (χ2n) is 28.2. The minimum Gasteiger partial charge on any atom is -1.00 e. The van der Waals surface area contributed by atoms with Crippen molar-refractivity contribution in [3.05, 3.63) is 387 Å². The van der Waals surface area contributed by atoms with E-state index in [-0.39, 0.29) is 45.5 Å². The van der Waals surface area contributed by atoms with Crippen molar-refractivity contribution >= 4 is 168 Å². The first kappa shape index (κ1) is 86.0. The number of aldehydes is 1. The number of allylic oxidation sites excluding steroid dienone is 2. The van der Waals surface area contributed by atoms with Crippen molar-refractivity contribution in [2.24, 2.45) is 0 Å². The van der Waals surface area contributed by atoms with Crippen molar-refractivity contribution in [2.45, 2.75) is 45.8 Å². The average molecular weight is 1740 g/mol. The smallest absolute Gasteiger partial charge is 0.342 e. The van der Waals surface area contributed by atoms with Crippen molar-refractivity contribution in [3.8, 4) is 22.8 Å². The predicted molar refractivity (Wildman–Crippen MR) is 489 cm³/mol. The first-order valence-corrected chi connectivity index (χ1v) is 44.3. The molecule has 0 fully saturated rings. The van der Waals surface area contributed by atoms with Gasteiger partial charge in [0.2, 0.25) is 5.85 Å². The number of carboxylic acids is 1. The van der Waals surface area contributed by atoms with E-state index in [9.17, 15) is 19.2 Å². The van der Waals surface area contributed by atoms with Crippen molar-refractivity contribution < 1.29 is 41.2 Å². The van der Waals surface area contributed by atoms with Gasteiger partial charge in [0.15, 0.2) is 24.5 Å². The summed E-state index contributed by atoms with van der Waals surface area (Å²) in [6, 6.07) is 101. The summed E-state index contributed by atoms with van der Waals surface area (Å²) < 4.78 is 10.3. The van der Waals surface area contributed by atoms with Crippen LogP contribution in [0.15, 0.2) is 337 Å². The Bertz CT molecular complexity index is 6590. The number of esters is 1. The maximum absolute atomic E-state index is 12.8. The number of nitrogens with one attached hydrogen (secondary N) is 2. The number of nitrogen functional groups attached to an aromatic ring is 1. The van der Waals surface area contributed by atoms with Gasteiger partial charge in [-0.2, -0.15) is 5.10 Å². The van der Waals surface area contributed by atoms with Gasteiger partial charge in [-0.3, -0.25) is 18.7 Å². The fourth-order valence-electron chi connectivity index (χ4n) is 13.5. The van der Waals surface area contributed by atoms with Gasteiger partial charge in [0.1, 0.15) is 36.6 Å². The molecule has 18 rings (SSSR count). The predicted octanol–water partition coefficient (Wildman–Crippen LogP) is 18.2. The summed E-state index contributed by atoms with van der Waals surface area (Å²) in [6.45, 7) is 10.2. The molecule has 0 bridgehead atoms. The Labute approximate surface area is 720 Å². The van der Waals surface area contributed by atoms with Crippen LogP contribution in [0.2, 0.25) is 24.8 Å². The number of nitrogens with zero attached hydrogens (tertiary/aromatic N) is 9. The number of carboxylic acid groups (broad SMARTS) is 1. The van der Waals surface area contributed by atoms with Crippen molar-refractivity contribution in [3.63, 3.8) is 0 Å². The zero-order chi connectivity index (χ0) is 83.4. The number of aromatic amines is 1. The van der Waals surface area contributed by atoms with Crippen LogP contribution in [0.25, 0.3) is 77.9 Å². The number of ether oxygens (including phenoxy) is 1. The molecule has 5 N–H and O–H groups in total. The molecule has 24 heteroatoms. The summed E-state index contributed by atoms with van der Waals surface area (Å²) >= 11 is 17.8. The number of imidazole rings is 2. The Morgan fingerprint density at radius 2 is 1.02 bits per heavy atom. The summed E-state index contributed by atoms with van der Waals surface area (Å²) in [5, 5.41) is 45.9. The molecule has 0 saturated carbocycles. The third-order valence-electron chi connectivity index (χ3n) is 18.8. The van der Waals surface area contributed by atoms with E-state index >= 15 is 0 Å². The normalized spacial score (nSPS) is 12.2. The summed E-state index contributed by atoms with van der Waals surface area (Å²) in [4.78, 5) is 54.0. The van der Waals surface area contributed by atoms with Crippen LogP contribution in [0.5, 0.6) is 0 Å². The van der Waals surface area contributed by atoms with Gasteiger partial charge in [-0.1, -0.05) is 249 Å². The molecule has 0 spiro atoms. The molecule has 0 amide bonds. The Morgan fingerprint density at radius 3 is 1.55 bits per heavy atom. The van der Waals surface area contributed by atoms with E-state index in [1.54, 1.807) is 25.1 Å². The van der Waals surface area contributed by atoms with Gasteiger partial charge in [0.25, 0.3) is 5.56 Å². The van der Waals surface area contributed by atoms with Crippen molar-refractivity contribution in [2.75, 3.05) is 11.1 Å². The number of aromatic carboxylic acids is 1. The van der Waals surface area contributed by atoms with Crippen LogP contribution in [0.1, 0.15) is 73.4 Å². The molecule has 6 heterocycles. The number of halogens is 4. The van der Waals surface area contributed by atoms with Crippen LogP contribution in [0.3, 0.4) is 0 Å². The van der Waals surface area contributed by atoms with Crippen LogP contribution in [-0.4, -0.2) is 81.1 Å². The van der Waals surface area contributed by atoms with E-state index in [0.29, 0.717) is 44.7 Å². The molecule has 18 nitrogen and oxygen atoms in total. The highest BCUT2D eigenvalue weighted by Crippen LogP contribution is 2.69. The number of fused-ring (bicyclic) bond motifs is 6. The zero-order valence-electron chi connectivity index (χ0n) is 65.7. The fourth-order valence-corrected chi connectivity index (χ4v) is 19.1. The Balaban J connectivity index is 0.000000136. The van der Waals surface area contributed by atoms with Gasteiger partial charge in [-0.05, 0) is 141 Å². The number of benzene rings is 12. The van der Waals surface area contributed by atoms with E-state index in [2.05, 4.69) is 189 Å². The number of rotatable bonds is 13. The van der Waals surface area contributed by atoms with Crippen LogP contribution in [0.4, 0.5) is 17.2 Å². The Hall–Kier alpha value is -13.4. The zero-order valence-corrected chi connectivity index (χ0v) is 71.4. The molecule has 1 aliphatic heterocycles. The molecular formula is C96H79BrCl3N12O6PSi. The van der Waals surface area contributed by atoms with Crippen molar-refractivity contribution in [1.29, 1.82) is 0 Å². The monoisotopic (exact) mass is 1740 g/mol. The molecule has 0 aliphatic carbocycles. The summed E-state index contributed by atoms with van der Waals surface area (Å²) in [5.74, 6) is 2.21. The molecule has 1 aliphatic rings. The number of carbonyl (C=O) groups is 3. The Morgan fingerprint density at radius 1 is 0.558 bits per heavy atom. The summed E-state index contributed by atoms with van der Waals surface area (Å²) in [6.07, 6.45) is 8.37. The maximum atomic E-state index is 12.8. The molecule has 120 heavy (non-hydrogen) atoms. The molecule has 17 aromatic rings. The maximum Gasteiger partial charge on any atom is 0.342 e. The lowest BCUT2D eigenvalue weighted by molar-refractivity contribution is -0.0000601. The van der Waals surface area contributed by atoms with Crippen molar-refractivity contribution in [1.82, 2.24) is 49.7 Å². The summed E-state index contributed by atoms with van der Waals surface area (Å²) in [7, 11) is -3.66. The van der Waals surface area contributed by atoms with Gasteiger partial charge < -0.3 is 37.9 Å². The number of H-pyrrole nitrogens is 1. The second kappa shape index (κ2) is 40.2. The van der Waals surface area contributed by atoms with E-state index < -0.39 is 21.3 Å². The number of hydrogen-bond donors (Lipinski definition) is 4. The van der Waals surface area contributed by atoms with Gasteiger partial charge in [0, 0.05) is 70.9 Å². The lowest BCUT2D eigenvalue weighted by Crippen LogP contribution is -3.00.